The standard InChI is InChI=1S/C11H20N4/c1-7-4-5-15(8(2)6-7)11-10(12)13-9(3)14-11/h7-8H,4-6,12H2,1-3H3,(H,13,14). The molecule has 1 saturated heterocycles. The van der Waals surface area contributed by atoms with E-state index in [2.05, 4.69) is 28.7 Å². The molecular weight excluding hydrogens is 188 g/mol. The van der Waals surface area contributed by atoms with Crippen molar-refractivity contribution in [1.82, 2.24) is 9.97 Å². The molecule has 0 amide bonds. The summed E-state index contributed by atoms with van der Waals surface area (Å²) in [6, 6.07) is 0.541. The van der Waals surface area contributed by atoms with Crippen molar-refractivity contribution >= 4 is 11.6 Å². The number of nitrogens with one attached hydrogen (secondary N) is 1. The second-order valence-electron chi connectivity index (χ2n) is 4.73. The number of anilines is 2. The molecule has 2 heterocycles. The Labute approximate surface area is 90.9 Å². The first-order valence-electron chi connectivity index (χ1n) is 5.66. The van der Waals surface area contributed by atoms with Crippen molar-refractivity contribution in [2.75, 3.05) is 17.2 Å². The van der Waals surface area contributed by atoms with Gasteiger partial charge in [0.2, 0.25) is 0 Å². The Bertz CT molecular complexity index is 344. The molecule has 15 heavy (non-hydrogen) atoms. The summed E-state index contributed by atoms with van der Waals surface area (Å²) in [6.07, 6.45) is 2.46. The van der Waals surface area contributed by atoms with E-state index in [-0.39, 0.29) is 0 Å². The fourth-order valence-electron chi connectivity index (χ4n) is 2.44. The average molecular weight is 208 g/mol. The van der Waals surface area contributed by atoms with Gasteiger partial charge in [-0.25, -0.2) is 4.98 Å². The third-order valence-corrected chi connectivity index (χ3v) is 3.24. The second-order valence-corrected chi connectivity index (χ2v) is 4.73. The third kappa shape index (κ3) is 1.94. The topological polar surface area (TPSA) is 57.9 Å². The number of H-pyrrole nitrogens is 1. The Balaban J connectivity index is 2.20. The van der Waals surface area contributed by atoms with Crippen LogP contribution in [0.15, 0.2) is 0 Å². The van der Waals surface area contributed by atoms with E-state index >= 15 is 0 Å². The van der Waals surface area contributed by atoms with E-state index in [0.29, 0.717) is 11.9 Å². The normalized spacial score (nSPS) is 27.0. The van der Waals surface area contributed by atoms with Crippen LogP contribution in [0.25, 0.3) is 0 Å². The van der Waals surface area contributed by atoms with E-state index in [1.807, 2.05) is 6.92 Å². The predicted molar refractivity (Wildman–Crippen MR) is 62.9 cm³/mol. The van der Waals surface area contributed by atoms with Gasteiger partial charge in [0.15, 0.2) is 5.82 Å². The van der Waals surface area contributed by atoms with Gasteiger partial charge in [0.25, 0.3) is 0 Å². The van der Waals surface area contributed by atoms with Crippen LogP contribution in [0.2, 0.25) is 0 Å². The lowest BCUT2D eigenvalue weighted by atomic mass is 9.93. The van der Waals surface area contributed by atoms with Crippen LogP contribution >= 0.6 is 0 Å². The van der Waals surface area contributed by atoms with Crippen LogP contribution in [0.5, 0.6) is 0 Å². The largest absolute Gasteiger partial charge is 0.382 e. The number of nitrogens with two attached hydrogens (primary N) is 1. The fraction of sp³-hybridized carbons (Fsp3) is 0.727. The number of aromatic amines is 1. The number of piperidine rings is 1. The molecule has 0 spiro atoms. The Kier molecular flexibility index (Phi) is 2.59. The van der Waals surface area contributed by atoms with Crippen molar-refractivity contribution in [3.63, 3.8) is 0 Å². The van der Waals surface area contributed by atoms with Crippen LogP contribution < -0.4 is 10.6 Å². The highest BCUT2D eigenvalue weighted by Crippen LogP contribution is 2.29. The molecule has 4 heteroatoms. The second kappa shape index (κ2) is 3.76. The lowest BCUT2D eigenvalue weighted by Gasteiger charge is -2.36. The number of aryl methyl sites for hydroxylation is 1. The number of rotatable bonds is 1. The summed E-state index contributed by atoms with van der Waals surface area (Å²) < 4.78 is 0. The SMILES string of the molecule is Cc1nc(N2CCC(C)CC2C)c(N)[nH]1. The quantitative estimate of drug-likeness (QED) is 0.741. The molecule has 0 aromatic carbocycles. The average Bonchev–Trinajstić information content (AvgIpc) is 2.45. The van der Waals surface area contributed by atoms with Gasteiger partial charge >= 0.3 is 0 Å². The van der Waals surface area contributed by atoms with Crippen molar-refractivity contribution in [1.29, 1.82) is 0 Å². The van der Waals surface area contributed by atoms with Crippen molar-refractivity contribution in [3.05, 3.63) is 5.82 Å². The molecule has 1 aliphatic rings. The van der Waals surface area contributed by atoms with E-state index in [0.717, 1.165) is 24.1 Å². The van der Waals surface area contributed by atoms with Crippen LogP contribution in [-0.2, 0) is 0 Å². The monoisotopic (exact) mass is 208 g/mol. The number of nitrogens with zero attached hydrogens (tertiary/aromatic N) is 2. The first kappa shape index (κ1) is 10.3. The smallest absolute Gasteiger partial charge is 0.171 e. The molecule has 3 N–H and O–H groups in total. The first-order valence-corrected chi connectivity index (χ1v) is 5.66. The maximum atomic E-state index is 5.91. The molecule has 4 nitrogen and oxygen atoms in total. The zero-order chi connectivity index (χ0) is 11.0. The summed E-state index contributed by atoms with van der Waals surface area (Å²) in [4.78, 5) is 9.83. The van der Waals surface area contributed by atoms with E-state index in [1.54, 1.807) is 0 Å². The van der Waals surface area contributed by atoms with Gasteiger partial charge in [-0.2, -0.15) is 0 Å². The van der Waals surface area contributed by atoms with E-state index in [9.17, 15) is 0 Å². The van der Waals surface area contributed by atoms with Gasteiger partial charge in [-0.1, -0.05) is 6.92 Å². The van der Waals surface area contributed by atoms with Crippen LogP contribution in [0, 0.1) is 12.8 Å². The summed E-state index contributed by atoms with van der Waals surface area (Å²) in [6.45, 7) is 7.57. The van der Waals surface area contributed by atoms with E-state index < -0.39 is 0 Å². The van der Waals surface area contributed by atoms with Crippen molar-refractivity contribution in [2.24, 2.45) is 5.92 Å². The zero-order valence-corrected chi connectivity index (χ0v) is 9.75. The molecule has 1 fully saturated rings. The Morgan fingerprint density at radius 3 is 2.73 bits per heavy atom. The molecule has 0 radical (unpaired) electrons. The molecule has 0 aliphatic carbocycles. The molecule has 0 bridgehead atoms. The number of hydrogen-bond acceptors (Lipinski definition) is 3. The fourth-order valence-corrected chi connectivity index (χ4v) is 2.44. The van der Waals surface area contributed by atoms with Crippen molar-refractivity contribution < 1.29 is 0 Å². The lowest BCUT2D eigenvalue weighted by molar-refractivity contribution is 0.376. The molecular formula is C11H20N4. The Hall–Kier alpha value is -1.19. The summed E-state index contributed by atoms with van der Waals surface area (Å²) in [7, 11) is 0. The summed E-state index contributed by atoms with van der Waals surface area (Å²) in [5.74, 6) is 3.35. The molecule has 1 aromatic heterocycles. The zero-order valence-electron chi connectivity index (χ0n) is 9.75. The van der Waals surface area contributed by atoms with E-state index in [4.69, 9.17) is 5.73 Å². The first-order chi connectivity index (χ1) is 7.08. The minimum atomic E-state index is 0.541. The van der Waals surface area contributed by atoms with E-state index in [1.165, 1.54) is 12.8 Å². The van der Waals surface area contributed by atoms with Gasteiger partial charge in [-0.15, -0.1) is 0 Å². The van der Waals surface area contributed by atoms with Crippen LogP contribution in [-0.4, -0.2) is 22.6 Å². The maximum absolute atomic E-state index is 5.91. The Morgan fingerprint density at radius 1 is 1.47 bits per heavy atom. The molecule has 84 valence electrons. The summed E-state index contributed by atoms with van der Waals surface area (Å²) in [5, 5.41) is 0. The highest BCUT2D eigenvalue weighted by molar-refractivity contribution is 5.59. The number of aromatic nitrogens is 2. The van der Waals surface area contributed by atoms with Gasteiger partial charge in [-0.3, -0.25) is 0 Å². The lowest BCUT2D eigenvalue weighted by Crippen LogP contribution is -2.40. The highest BCUT2D eigenvalue weighted by Gasteiger charge is 2.25. The molecule has 2 atom stereocenters. The van der Waals surface area contributed by atoms with Gasteiger partial charge in [0, 0.05) is 12.6 Å². The van der Waals surface area contributed by atoms with Gasteiger partial charge in [0.1, 0.15) is 11.6 Å². The van der Waals surface area contributed by atoms with Gasteiger partial charge in [-0.05, 0) is 32.6 Å². The van der Waals surface area contributed by atoms with Gasteiger partial charge in [0.05, 0.1) is 0 Å². The summed E-state index contributed by atoms with van der Waals surface area (Å²) >= 11 is 0. The highest BCUT2D eigenvalue weighted by atomic mass is 15.3. The van der Waals surface area contributed by atoms with Gasteiger partial charge < -0.3 is 15.6 Å². The van der Waals surface area contributed by atoms with Crippen LogP contribution in [0.3, 0.4) is 0 Å². The Morgan fingerprint density at radius 2 is 2.20 bits per heavy atom. The summed E-state index contributed by atoms with van der Waals surface area (Å²) in [5.41, 5.74) is 5.91. The molecule has 2 unspecified atom stereocenters. The van der Waals surface area contributed by atoms with Crippen molar-refractivity contribution in [2.45, 2.75) is 39.7 Å². The number of hydrogen-bond donors (Lipinski definition) is 2. The number of imidazole rings is 1. The third-order valence-electron chi connectivity index (χ3n) is 3.24. The molecule has 0 saturated carbocycles. The number of nitrogen functional groups attached to an aromatic ring is 1. The maximum Gasteiger partial charge on any atom is 0.171 e. The van der Waals surface area contributed by atoms with Crippen LogP contribution in [0.1, 0.15) is 32.5 Å². The van der Waals surface area contributed by atoms with Crippen molar-refractivity contribution in [3.8, 4) is 0 Å². The van der Waals surface area contributed by atoms with Crippen LogP contribution in [0.4, 0.5) is 11.6 Å². The minimum absolute atomic E-state index is 0.541. The molecule has 1 aliphatic heterocycles. The minimum Gasteiger partial charge on any atom is -0.382 e. The predicted octanol–water partition coefficient (Wildman–Crippen LogP) is 1.93. The molecule has 2 rings (SSSR count). The molecule has 1 aromatic rings.